The number of amides is 2. The van der Waals surface area contributed by atoms with Crippen molar-refractivity contribution >= 4 is 11.8 Å². The Hall–Kier alpha value is -2.60. The first-order valence-corrected chi connectivity index (χ1v) is 11.0. The Balaban J connectivity index is 1.66. The molecule has 0 aliphatic carbocycles. The second-order valence-corrected chi connectivity index (χ2v) is 8.33. The summed E-state index contributed by atoms with van der Waals surface area (Å²) in [5.41, 5.74) is 3.03. The maximum Gasteiger partial charge on any atom is 0.270 e. The quantitative estimate of drug-likeness (QED) is 0.809. The minimum Gasteiger partial charge on any atom is -0.370 e. The molecule has 6 nitrogen and oxygen atoms in total. The first-order chi connectivity index (χ1) is 14.5. The highest BCUT2D eigenvalue weighted by atomic mass is 16.5. The molecule has 0 bridgehead atoms. The number of nitrogens with one attached hydrogen (secondary N) is 1. The Labute approximate surface area is 178 Å². The predicted octanol–water partition coefficient (Wildman–Crippen LogP) is 4.08. The average Bonchev–Trinajstić information content (AvgIpc) is 3.36. The summed E-state index contributed by atoms with van der Waals surface area (Å²) >= 11 is 0. The summed E-state index contributed by atoms with van der Waals surface area (Å²) in [6, 6.07) is 11.9. The Kier molecular flexibility index (Phi) is 5.95. The Morgan fingerprint density at radius 3 is 2.63 bits per heavy atom. The molecule has 1 N–H and O–H groups in total. The summed E-state index contributed by atoms with van der Waals surface area (Å²) in [4.78, 5) is 28.6. The van der Waals surface area contributed by atoms with Crippen molar-refractivity contribution in [3.05, 3.63) is 58.9 Å². The van der Waals surface area contributed by atoms with Gasteiger partial charge in [-0.05, 0) is 44.7 Å². The van der Waals surface area contributed by atoms with Gasteiger partial charge in [0.2, 0.25) is 0 Å². The fourth-order valence-electron chi connectivity index (χ4n) is 4.73. The molecule has 3 heterocycles. The maximum atomic E-state index is 13.3. The summed E-state index contributed by atoms with van der Waals surface area (Å²) in [6.45, 7) is 8.01. The minimum atomic E-state index is -0.228. The van der Waals surface area contributed by atoms with E-state index in [4.69, 9.17) is 4.74 Å². The van der Waals surface area contributed by atoms with Gasteiger partial charge in [0.15, 0.2) is 0 Å². The van der Waals surface area contributed by atoms with Crippen molar-refractivity contribution in [2.45, 2.75) is 64.8 Å². The second-order valence-electron chi connectivity index (χ2n) is 8.33. The largest absolute Gasteiger partial charge is 0.370 e. The van der Waals surface area contributed by atoms with E-state index < -0.39 is 0 Å². The zero-order valence-corrected chi connectivity index (χ0v) is 18.1. The van der Waals surface area contributed by atoms with Crippen LogP contribution in [-0.4, -0.2) is 40.5 Å². The zero-order valence-electron chi connectivity index (χ0n) is 18.1. The van der Waals surface area contributed by atoms with Crippen molar-refractivity contribution in [3.8, 4) is 0 Å². The number of nitrogens with zero attached hydrogens (tertiary/aromatic N) is 2. The monoisotopic (exact) mass is 409 g/mol. The van der Waals surface area contributed by atoms with Gasteiger partial charge in [-0.2, -0.15) is 0 Å². The number of likely N-dealkylation sites (tertiary alicyclic amines) is 1. The van der Waals surface area contributed by atoms with Gasteiger partial charge in [0.05, 0.1) is 30.0 Å². The third-order valence-corrected chi connectivity index (χ3v) is 6.40. The maximum absolute atomic E-state index is 13.3. The van der Waals surface area contributed by atoms with E-state index in [1.807, 2.05) is 46.7 Å². The van der Waals surface area contributed by atoms with E-state index in [0.29, 0.717) is 24.4 Å². The van der Waals surface area contributed by atoms with Gasteiger partial charge in [0.25, 0.3) is 11.8 Å². The summed E-state index contributed by atoms with van der Waals surface area (Å²) in [7, 11) is 0. The van der Waals surface area contributed by atoms with Crippen LogP contribution in [0.4, 0.5) is 0 Å². The van der Waals surface area contributed by atoms with E-state index in [-0.39, 0.29) is 30.0 Å². The number of rotatable bonds is 5. The topological polar surface area (TPSA) is 63.6 Å². The first-order valence-electron chi connectivity index (χ1n) is 11.0. The molecule has 1 aromatic heterocycles. The number of hydrogen-bond donors (Lipinski definition) is 1. The number of benzene rings is 1. The molecule has 0 saturated carbocycles. The van der Waals surface area contributed by atoms with Crippen molar-refractivity contribution in [3.63, 3.8) is 0 Å². The Morgan fingerprint density at radius 2 is 1.97 bits per heavy atom. The van der Waals surface area contributed by atoms with Gasteiger partial charge in [-0.1, -0.05) is 37.3 Å². The van der Waals surface area contributed by atoms with Gasteiger partial charge in [-0.3, -0.25) is 9.59 Å². The molecule has 6 heteroatoms. The number of fused-ring (bicyclic) bond motifs is 1. The van der Waals surface area contributed by atoms with Crippen LogP contribution in [0.5, 0.6) is 0 Å². The second kappa shape index (κ2) is 8.64. The van der Waals surface area contributed by atoms with Gasteiger partial charge in [-0.15, -0.1) is 0 Å². The summed E-state index contributed by atoms with van der Waals surface area (Å²) in [6.07, 6.45) is 2.62. The molecule has 2 amide bonds. The summed E-state index contributed by atoms with van der Waals surface area (Å²) in [5.74, 6) is -0.134. The molecular weight excluding hydrogens is 378 g/mol. The molecule has 30 heavy (non-hydrogen) atoms. The predicted molar refractivity (Wildman–Crippen MR) is 115 cm³/mol. The molecule has 1 fully saturated rings. The number of hydrogen-bond acceptors (Lipinski definition) is 3. The smallest absolute Gasteiger partial charge is 0.270 e. The highest BCUT2D eigenvalue weighted by Gasteiger charge is 2.34. The molecule has 0 radical (unpaired) electrons. The van der Waals surface area contributed by atoms with Crippen molar-refractivity contribution in [2.75, 3.05) is 13.2 Å². The molecule has 3 atom stereocenters. The van der Waals surface area contributed by atoms with E-state index in [2.05, 4.69) is 19.2 Å². The van der Waals surface area contributed by atoms with E-state index in [1.54, 1.807) is 6.07 Å². The molecule has 0 spiro atoms. The minimum absolute atomic E-state index is 0.0181. The van der Waals surface area contributed by atoms with Crippen LogP contribution in [0, 0.1) is 0 Å². The normalized spacial score (nSPS) is 21.9. The number of carbonyl (C=O) groups excluding carboxylic acids is 2. The van der Waals surface area contributed by atoms with Crippen molar-refractivity contribution in [2.24, 2.45) is 0 Å². The van der Waals surface area contributed by atoms with Crippen LogP contribution in [0.15, 0.2) is 36.4 Å². The van der Waals surface area contributed by atoms with Crippen LogP contribution < -0.4 is 5.32 Å². The zero-order chi connectivity index (χ0) is 21.3. The van der Waals surface area contributed by atoms with Crippen LogP contribution in [0.2, 0.25) is 0 Å². The highest BCUT2D eigenvalue weighted by Crippen LogP contribution is 2.31. The van der Waals surface area contributed by atoms with Gasteiger partial charge in [0.1, 0.15) is 5.69 Å². The molecule has 160 valence electrons. The van der Waals surface area contributed by atoms with Gasteiger partial charge >= 0.3 is 0 Å². The number of aromatic nitrogens is 1. The van der Waals surface area contributed by atoms with Crippen molar-refractivity contribution < 1.29 is 14.3 Å². The lowest BCUT2D eigenvalue weighted by atomic mass is 10.0. The van der Waals surface area contributed by atoms with Gasteiger partial charge < -0.3 is 19.5 Å². The number of carbonyl (C=O) groups is 2. The Morgan fingerprint density at radius 1 is 1.20 bits per heavy atom. The molecule has 2 aliphatic heterocycles. The van der Waals surface area contributed by atoms with Crippen LogP contribution in [0.3, 0.4) is 0 Å². The molecule has 3 unspecified atom stereocenters. The van der Waals surface area contributed by atoms with E-state index in [0.717, 1.165) is 37.1 Å². The molecular formula is C24H31N3O3. The Bertz CT molecular complexity index is 921. The molecule has 1 aromatic carbocycles. The molecule has 2 aromatic rings. The van der Waals surface area contributed by atoms with Crippen molar-refractivity contribution in [1.29, 1.82) is 0 Å². The summed E-state index contributed by atoms with van der Waals surface area (Å²) < 4.78 is 7.82. The highest BCUT2D eigenvalue weighted by molar-refractivity contribution is 6.01. The van der Waals surface area contributed by atoms with Crippen LogP contribution in [0.25, 0.3) is 0 Å². The number of ether oxygens (including phenoxy) is 1. The summed E-state index contributed by atoms with van der Waals surface area (Å²) in [5, 5.41) is 3.17. The van der Waals surface area contributed by atoms with Crippen LogP contribution in [0.1, 0.15) is 84.3 Å². The lowest BCUT2D eigenvalue weighted by molar-refractivity contribution is 0.0303. The average molecular weight is 410 g/mol. The third-order valence-electron chi connectivity index (χ3n) is 6.40. The fourth-order valence-corrected chi connectivity index (χ4v) is 4.73. The van der Waals surface area contributed by atoms with E-state index in [1.165, 1.54) is 0 Å². The first kappa shape index (κ1) is 20.7. The van der Waals surface area contributed by atoms with Gasteiger partial charge in [-0.25, -0.2) is 0 Å². The lowest BCUT2D eigenvalue weighted by Crippen LogP contribution is -2.36. The third kappa shape index (κ3) is 3.76. The van der Waals surface area contributed by atoms with Crippen molar-refractivity contribution in [1.82, 2.24) is 14.8 Å². The fraction of sp³-hybridized carbons (Fsp3) is 0.500. The molecule has 1 saturated heterocycles. The van der Waals surface area contributed by atoms with Crippen LogP contribution >= 0.6 is 0 Å². The SMILES string of the molecule is CCC(NC(=O)c1cc(C(=O)N2CCCC2C)n2c1C(C)OCC2)c1ccccc1. The molecule has 4 rings (SSSR count). The van der Waals surface area contributed by atoms with E-state index >= 15 is 0 Å². The van der Waals surface area contributed by atoms with E-state index in [9.17, 15) is 9.59 Å². The van der Waals surface area contributed by atoms with Gasteiger partial charge in [0, 0.05) is 19.1 Å². The standard InChI is InChI=1S/C24H31N3O3/c1-4-20(18-10-6-5-7-11-18)25-23(28)19-15-21(24(29)26-12-8-9-16(26)2)27-13-14-30-17(3)22(19)27/h5-7,10-11,15-17,20H,4,8-9,12-14H2,1-3H3,(H,25,28). The van der Waals surface area contributed by atoms with Crippen LogP contribution in [-0.2, 0) is 11.3 Å². The molecule has 2 aliphatic rings. The lowest BCUT2D eigenvalue weighted by Gasteiger charge is -2.27.